The third-order valence-electron chi connectivity index (χ3n) is 1.13. The SMILES string of the molecule is CC(=O)O.CC(=O)O.O=C(O)CN(CCO)CC(=O)O. The average Bonchev–Trinajstić information content (AvgIpc) is 2.13. The molecule has 0 heterocycles. The molecule has 0 saturated carbocycles. The van der Waals surface area contributed by atoms with Crippen LogP contribution in [-0.4, -0.2) is 80.6 Å². The Labute approximate surface area is 114 Å². The van der Waals surface area contributed by atoms with Crippen LogP contribution < -0.4 is 0 Å². The van der Waals surface area contributed by atoms with Crippen molar-refractivity contribution in [1.29, 1.82) is 0 Å². The smallest absolute Gasteiger partial charge is 0.317 e. The van der Waals surface area contributed by atoms with Crippen molar-refractivity contribution in [3.05, 3.63) is 0 Å². The number of aliphatic hydroxyl groups is 1. The fraction of sp³-hybridized carbons (Fsp3) is 0.600. The highest BCUT2D eigenvalue weighted by atomic mass is 16.4. The summed E-state index contributed by atoms with van der Waals surface area (Å²) < 4.78 is 0. The third-order valence-corrected chi connectivity index (χ3v) is 1.13. The summed E-state index contributed by atoms with van der Waals surface area (Å²) in [6.45, 7) is 1.23. The summed E-state index contributed by atoms with van der Waals surface area (Å²) in [6, 6.07) is 0. The first-order valence-corrected chi connectivity index (χ1v) is 5.18. The van der Waals surface area contributed by atoms with E-state index >= 15 is 0 Å². The van der Waals surface area contributed by atoms with E-state index in [9.17, 15) is 9.59 Å². The molecule has 0 rings (SSSR count). The molecular weight excluding hydrogens is 278 g/mol. The number of aliphatic hydroxyl groups excluding tert-OH is 1. The predicted octanol–water partition coefficient (Wildman–Crippen LogP) is -1.37. The molecule has 10 heteroatoms. The quantitative estimate of drug-likeness (QED) is 0.393. The second kappa shape index (κ2) is 14.9. The van der Waals surface area contributed by atoms with Gasteiger partial charge in [0, 0.05) is 20.4 Å². The Morgan fingerprint density at radius 3 is 1.20 bits per heavy atom. The minimum atomic E-state index is -1.11. The lowest BCUT2D eigenvalue weighted by molar-refractivity contribution is -0.142. The summed E-state index contributed by atoms with van der Waals surface area (Å²) in [5, 5.41) is 39.9. The van der Waals surface area contributed by atoms with Crippen LogP contribution in [0.3, 0.4) is 0 Å². The van der Waals surface area contributed by atoms with Gasteiger partial charge < -0.3 is 25.5 Å². The van der Waals surface area contributed by atoms with Crippen molar-refractivity contribution >= 4 is 23.9 Å². The van der Waals surface area contributed by atoms with Gasteiger partial charge in [0.15, 0.2) is 0 Å². The zero-order valence-corrected chi connectivity index (χ0v) is 11.1. The van der Waals surface area contributed by atoms with E-state index in [1.54, 1.807) is 0 Å². The Balaban J connectivity index is -0.000000297. The van der Waals surface area contributed by atoms with Gasteiger partial charge in [-0.2, -0.15) is 0 Å². The second-order valence-corrected chi connectivity index (χ2v) is 3.26. The van der Waals surface area contributed by atoms with Crippen molar-refractivity contribution in [2.75, 3.05) is 26.2 Å². The van der Waals surface area contributed by atoms with E-state index in [1.807, 2.05) is 0 Å². The van der Waals surface area contributed by atoms with Gasteiger partial charge in [0.05, 0.1) is 19.7 Å². The molecular formula is C10H19NO9. The normalized spacial score (nSPS) is 8.60. The maximum absolute atomic E-state index is 10.1. The number of nitrogens with zero attached hydrogens (tertiary/aromatic N) is 1. The lowest BCUT2D eigenvalue weighted by atomic mass is 10.4. The zero-order valence-electron chi connectivity index (χ0n) is 11.1. The fourth-order valence-corrected chi connectivity index (χ4v) is 0.738. The van der Waals surface area contributed by atoms with E-state index in [2.05, 4.69) is 0 Å². The summed E-state index contributed by atoms with van der Waals surface area (Å²) in [7, 11) is 0. The zero-order chi connectivity index (χ0) is 16.7. The van der Waals surface area contributed by atoms with Gasteiger partial charge in [-0.15, -0.1) is 0 Å². The number of carboxylic acids is 4. The monoisotopic (exact) mass is 297 g/mol. The topological polar surface area (TPSA) is 173 Å². The van der Waals surface area contributed by atoms with Gasteiger partial charge in [0.25, 0.3) is 11.9 Å². The third kappa shape index (κ3) is 44.7. The highest BCUT2D eigenvalue weighted by molar-refractivity contribution is 5.72. The van der Waals surface area contributed by atoms with Crippen molar-refractivity contribution < 1.29 is 44.7 Å². The summed E-state index contributed by atoms with van der Waals surface area (Å²) in [4.78, 5) is 39.4. The molecule has 118 valence electrons. The molecule has 0 aromatic carbocycles. The molecule has 0 saturated heterocycles. The molecule has 20 heavy (non-hydrogen) atoms. The van der Waals surface area contributed by atoms with Gasteiger partial charge in [-0.05, 0) is 0 Å². The minimum Gasteiger partial charge on any atom is -0.481 e. The Hall–Kier alpha value is -2.20. The van der Waals surface area contributed by atoms with Gasteiger partial charge >= 0.3 is 11.9 Å². The lowest BCUT2D eigenvalue weighted by Gasteiger charge is -2.15. The summed E-state index contributed by atoms with van der Waals surface area (Å²) >= 11 is 0. The fourth-order valence-electron chi connectivity index (χ4n) is 0.738. The standard InChI is InChI=1S/C6H11NO5.2C2H4O2/c8-2-1-7(3-5(9)10)4-6(11)12;2*1-2(3)4/h8H,1-4H2,(H,9,10)(H,11,12);2*1H3,(H,3,4). The second-order valence-electron chi connectivity index (χ2n) is 3.26. The van der Waals surface area contributed by atoms with E-state index in [0.717, 1.165) is 18.7 Å². The maximum atomic E-state index is 10.1. The summed E-state index contributed by atoms with van der Waals surface area (Å²) in [5.74, 6) is -3.88. The first kappa shape index (κ1) is 22.9. The lowest BCUT2D eigenvalue weighted by Crippen LogP contribution is -2.36. The highest BCUT2D eigenvalue weighted by Crippen LogP contribution is 1.86. The molecule has 0 atom stereocenters. The number of aliphatic carboxylic acids is 4. The Morgan fingerprint density at radius 2 is 1.05 bits per heavy atom. The average molecular weight is 297 g/mol. The number of carbonyl (C=O) groups is 4. The minimum absolute atomic E-state index is 0.0542. The summed E-state index contributed by atoms with van der Waals surface area (Å²) in [6.07, 6.45) is 0. The van der Waals surface area contributed by atoms with Crippen LogP contribution in [0.25, 0.3) is 0 Å². The molecule has 0 aliphatic rings. The number of rotatable bonds is 6. The van der Waals surface area contributed by atoms with Gasteiger partial charge in [-0.1, -0.05) is 0 Å². The molecule has 0 amide bonds. The van der Waals surface area contributed by atoms with Gasteiger partial charge in [-0.3, -0.25) is 24.1 Å². The largest absolute Gasteiger partial charge is 0.481 e. The molecule has 0 aliphatic heterocycles. The van der Waals surface area contributed by atoms with Gasteiger partial charge in [0.1, 0.15) is 0 Å². The first-order valence-electron chi connectivity index (χ1n) is 5.18. The van der Waals surface area contributed by atoms with Crippen LogP contribution in [0.5, 0.6) is 0 Å². The van der Waals surface area contributed by atoms with Crippen molar-refractivity contribution in [2.45, 2.75) is 13.8 Å². The van der Waals surface area contributed by atoms with Crippen molar-refractivity contribution in [1.82, 2.24) is 4.90 Å². The molecule has 0 aromatic rings. The Kier molecular flexibility index (Phi) is 17.0. The van der Waals surface area contributed by atoms with Crippen LogP contribution in [0.15, 0.2) is 0 Å². The van der Waals surface area contributed by atoms with Crippen LogP contribution in [0, 0.1) is 0 Å². The maximum Gasteiger partial charge on any atom is 0.317 e. The van der Waals surface area contributed by atoms with Crippen molar-refractivity contribution in [3.63, 3.8) is 0 Å². The molecule has 0 fully saturated rings. The molecule has 0 bridgehead atoms. The van der Waals surface area contributed by atoms with Gasteiger partial charge in [0.2, 0.25) is 0 Å². The highest BCUT2D eigenvalue weighted by Gasteiger charge is 2.11. The molecule has 5 N–H and O–H groups in total. The van der Waals surface area contributed by atoms with Crippen LogP contribution in [0.2, 0.25) is 0 Å². The molecule has 0 spiro atoms. The van der Waals surface area contributed by atoms with Crippen molar-refractivity contribution in [3.8, 4) is 0 Å². The number of hydrogen-bond acceptors (Lipinski definition) is 6. The first-order chi connectivity index (χ1) is 9.02. The van der Waals surface area contributed by atoms with Crippen LogP contribution in [0.4, 0.5) is 0 Å². The Morgan fingerprint density at radius 1 is 0.800 bits per heavy atom. The van der Waals surface area contributed by atoms with E-state index in [4.69, 9.17) is 35.1 Å². The molecule has 0 aliphatic carbocycles. The molecule has 0 unspecified atom stereocenters. The van der Waals surface area contributed by atoms with Crippen LogP contribution in [0.1, 0.15) is 13.8 Å². The van der Waals surface area contributed by atoms with Crippen LogP contribution >= 0.6 is 0 Å². The van der Waals surface area contributed by atoms with E-state index in [-0.39, 0.29) is 26.2 Å². The Bertz CT molecular complexity index is 280. The van der Waals surface area contributed by atoms with E-state index in [1.165, 1.54) is 0 Å². The predicted molar refractivity (Wildman–Crippen MR) is 65.4 cm³/mol. The van der Waals surface area contributed by atoms with Crippen molar-refractivity contribution in [2.24, 2.45) is 0 Å². The summed E-state index contributed by atoms with van der Waals surface area (Å²) in [5.41, 5.74) is 0. The molecule has 10 nitrogen and oxygen atoms in total. The molecule has 0 aromatic heterocycles. The van der Waals surface area contributed by atoms with Gasteiger partial charge in [-0.25, -0.2) is 0 Å². The van der Waals surface area contributed by atoms with Crippen LogP contribution in [-0.2, 0) is 19.2 Å². The van der Waals surface area contributed by atoms with E-state index in [0.29, 0.717) is 0 Å². The number of hydrogen-bond donors (Lipinski definition) is 5. The number of carboxylic acid groups (broad SMARTS) is 4. The van der Waals surface area contributed by atoms with E-state index < -0.39 is 23.9 Å². The molecule has 0 radical (unpaired) electrons.